The molecule has 2 aliphatic carbocycles. The Morgan fingerprint density at radius 3 is 2.92 bits per heavy atom. The lowest BCUT2D eigenvalue weighted by Crippen LogP contribution is -2.29. The Morgan fingerprint density at radius 1 is 1.08 bits per heavy atom. The van der Waals surface area contributed by atoms with Gasteiger partial charge in [-0.3, -0.25) is 0 Å². The van der Waals surface area contributed by atoms with Gasteiger partial charge in [0.2, 0.25) is 0 Å². The van der Waals surface area contributed by atoms with Crippen LogP contribution in [0.3, 0.4) is 0 Å². The van der Waals surface area contributed by atoms with Crippen LogP contribution in [0.4, 0.5) is 0 Å². The molecule has 66 valence electrons. The van der Waals surface area contributed by atoms with Crippen LogP contribution in [0.1, 0.15) is 12.8 Å². The first-order chi connectivity index (χ1) is 5.84. The van der Waals surface area contributed by atoms with Crippen molar-refractivity contribution in [1.29, 1.82) is 0 Å². The fourth-order valence-corrected chi connectivity index (χ4v) is 3.97. The van der Waals surface area contributed by atoms with E-state index in [0.29, 0.717) is 29.8 Å². The van der Waals surface area contributed by atoms with E-state index in [-0.39, 0.29) is 6.29 Å². The Morgan fingerprint density at radius 2 is 2.00 bits per heavy atom. The third-order valence-corrected chi connectivity index (χ3v) is 4.30. The summed E-state index contributed by atoms with van der Waals surface area (Å²) in [6.45, 7) is 0. The van der Waals surface area contributed by atoms with E-state index >= 15 is 0 Å². The molecule has 0 spiro atoms. The maximum absolute atomic E-state index is 9.61. The monoisotopic (exact) mass is 168 g/mol. The lowest BCUT2D eigenvalue weighted by atomic mass is 9.81. The van der Waals surface area contributed by atoms with Crippen LogP contribution in [-0.2, 0) is 9.47 Å². The molecule has 2 saturated heterocycles. The van der Waals surface area contributed by atoms with Crippen molar-refractivity contribution in [3.05, 3.63) is 0 Å². The Labute approximate surface area is 70.7 Å². The number of rotatable bonds is 0. The van der Waals surface area contributed by atoms with E-state index in [0.717, 1.165) is 0 Å². The minimum absolute atomic E-state index is 0.0625. The molecule has 4 rings (SSSR count). The van der Waals surface area contributed by atoms with Crippen molar-refractivity contribution >= 4 is 0 Å². The van der Waals surface area contributed by atoms with Crippen molar-refractivity contribution in [3.63, 3.8) is 0 Å². The highest BCUT2D eigenvalue weighted by molar-refractivity contribution is 5.09. The van der Waals surface area contributed by atoms with Crippen molar-refractivity contribution in [1.82, 2.24) is 0 Å². The molecule has 1 N–H and O–H groups in total. The van der Waals surface area contributed by atoms with E-state index in [9.17, 15) is 5.11 Å². The van der Waals surface area contributed by atoms with Gasteiger partial charge in [0.05, 0.1) is 6.10 Å². The lowest BCUT2D eigenvalue weighted by Gasteiger charge is -2.24. The van der Waals surface area contributed by atoms with Crippen LogP contribution in [0.15, 0.2) is 0 Å². The Balaban J connectivity index is 1.86. The summed E-state index contributed by atoms with van der Waals surface area (Å²) in [5.41, 5.74) is 0. The van der Waals surface area contributed by atoms with Gasteiger partial charge in [0, 0.05) is 11.8 Å². The van der Waals surface area contributed by atoms with Crippen molar-refractivity contribution in [2.24, 2.45) is 23.7 Å². The Hall–Kier alpha value is -0.120. The second kappa shape index (κ2) is 1.72. The van der Waals surface area contributed by atoms with E-state index in [1.54, 1.807) is 0 Å². The third-order valence-electron chi connectivity index (χ3n) is 4.30. The quantitative estimate of drug-likeness (QED) is 0.566. The summed E-state index contributed by atoms with van der Waals surface area (Å²) in [7, 11) is 0. The van der Waals surface area contributed by atoms with Crippen molar-refractivity contribution in [2.45, 2.75) is 31.5 Å². The maximum atomic E-state index is 9.61. The van der Waals surface area contributed by atoms with E-state index in [4.69, 9.17) is 9.47 Å². The minimum atomic E-state index is -0.531. The van der Waals surface area contributed by atoms with Gasteiger partial charge in [-0.25, -0.2) is 0 Å². The average molecular weight is 168 g/mol. The molecule has 2 bridgehead atoms. The van der Waals surface area contributed by atoms with Crippen LogP contribution < -0.4 is 0 Å². The summed E-state index contributed by atoms with van der Waals surface area (Å²) in [6, 6.07) is 0. The molecule has 7 unspecified atom stereocenters. The highest BCUT2D eigenvalue weighted by Gasteiger charge is 2.67. The molecular formula is C9H12O3. The van der Waals surface area contributed by atoms with Gasteiger partial charge in [-0.1, -0.05) is 0 Å². The topological polar surface area (TPSA) is 38.7 Å². The molecule has 4 fully saturated rings. The van der Waals surface area contributed by atoms with E-state index < -0.39 is 6.29 Å². The van der Waals surface area contributed by atoms with Crippen molar-refractivity contribution in [2.75, 3.05) is 0 Å². The van der Waals surface area contributed by atoms with E-state index in [1.807, 2.05) is 0 Å². The first-order valence-electron chi connectivity index (χ1n) is 4.83. The standard InChI is InChI=1S/C9H12O3/c10-8-6-3-1-4-5(2-3)11-9(12-8)7(4)6/h3-10H,1-2H2. The zero-order valence-electron chi connectivity index (χ0n) is 6.72. The average Bonchev–Trinajstić information content (AvgIpc) is 2.60. The fraction of sp³-hybridized carbons (Fsp3) is 1.00. The van der Waals surface area contributed by atoms with E-state index in [2.05, 4.69) is 0 Å². The highest BCUT2D eigenvalue weighted by Crippen LogP contribution is 2.63. The summed E-state index contributed by atoms with van der Waals surface area (Å²) >= 11 is 0. The number of hydrogen-bond acceptors (Lipinski definition) is 3. The summed E-state index contributed by atoms with van der Waals surface area (Å²) in [5, 5.41) is 9.61. The minimum Gasteiger partial charge on any atom is -0.368 e. The zero-order chi connectivity index (χ0) is 7.87. The Bertz CT molecular complexity index is 235. The molecule has 2 saturated carbocycles. The molecule has 7 atom stereocenters. The molecule has 4 aliphatic rings. The van der Waals surface area contributed by atoms with Crippen LogP contribution in [0, 0.1) is 23.7 Å². The third kappa shape index (κ3) is 0.490. The Kier molecular flexibility index (Phi) is 0.908. The van der Waals surface area contributed by atoms with Gasteiger partial charge in [0.25, 0.3) is 0 Å². The van der Waals surface area contributed by atoms with Gasteiger partial charge < -0.3 is 14.6 Å². The second-order valence-corrected chi connectivity index (χ2v) is 4.62. The summed E-state index contributed by atoms with van der Waals surface area (Å²) in [5.74, 6) is 2.33. The van der Waals surface area contributed by atoms with Crippen LogP contribution in [0.25, 0.3) is 0 Å². The summed E-state index contributed by atoms with van der Waals surface area (Å²) < 4.78 is 11.1. The molecule has 2 heterocycles. The molecule has 0 amide bonds. The molecule has 0 aromatic rings. The zero-order valence-corrected chi connectivity index (χ0v) is 6.72. The normalized spacial score (nSPS) is 71.2. The molecular weight excluding hydrogens is 156 g/mol. The van der Waals surface area contributed by atoms with Crippen LogP contribution in [0.2, 0.25) is 0 Å². The maximum Gasteiger partial charge on any atom is 0.164 e. The van der Waals surface area contributed by atoms with Gasteiger partial charge in [0.1, 0.15) is 0 Å². The molecule has 0 aromatic carbocycles. The van der Waals surface area contributed by atoms with Crippen LogP contribution in [0.5, 0.6) is 0 Å². The van der Waals surface area contributed by atoms with Gasteiger partial charge >= 0.3 is 0 Å². The number of fused-ring (bicyclic) bond motifs is 2. The fourth-order valence-electron chi connectivity index (χ4n) is 3.97. The summed E-state index contributed by atoms with van der Waals surface area (Å²) in [6.07, 6.45) is 2.32. The van der Waals surface area contributed by atoms with Gasteiger partial charge in [0.15, 0.2) is 12.6 Å². The van der Waals surface area contributed by atoms with Crippen LogP contribution in [-0.4, -0.2) is 23.8 Å². The molecule has 12 heavy (non-hydrogen) atoms. The molecule has 0 radical (unpaired) electrons. The van der Waals surface area contributed by atoms with Crippen molar-refractivity contribution < 1.29 is 14.6 Å². The summed E-state index contributed by atoms with van der Waals surface area (Å²) in [4.78, 5) is 0. The van der Waals surface area contributed by atoms with Gasteiger partial charge in [-0.05, 0) is 24.7 Å². The largest absolute Gasteiger partial charge is 0.368 e. The second-order valence-electron chi connectivity index (χ2n) is 4.62. The first-order valence-corrected chi connectivity index (χ1v) is 4.83. The van der Waals surface area contributed by atoms with Gasteiger partial charge in [-0.15, -0.1) is 0 Å². The first kappa shape index (κ1) is 6.35. The predicted molar refractivity (Wildman–Crippen MR) is 38.9 cm³/mol. The number of aliphatic hydroxyl groups excluding tert-OH is 1. The molecule has 3 heteroatoms. The lowest BCUT2D eigenvalue weighted by molar-refractivity contribution is -0.206. The number of hydrogen-bond donors (Lipinski definition) is 1. The van der Waals surface area contributed by atoms with Crippen LogP contribution >= 0.6 is 0 Å². The SMILES string of the molecule is OC1OC2OC3CC4CC3C2C41. The number of ether oxygens (including phenoxy) is 2. The van der Waals surface area contributed by atoms with E-state index in [1.165, 1.54) is 12.8 Å². The van der Waals surface area contributed by atoms with Crippen molar-refractivity contribution in [3.8, 4) is 0 Å². The predicted octanol–water partition coefficient (Wildman–Crippen LogP) is 0.332. The van der Waals surface area contributed by atoms with Gasteiger partial charge in [-0.2, -0.15) is 0 Å². The number of aliphatic hydroxyl groups is 1. The smallest absolute Gasteiger partial charge is 0.164 e. The molecule has 3 nitrogen and oxygen atoms in total. The molecule has 2 aliphatic heterocycles. The molecule has 0 aromatic heterocycles. The highest BCUT2D eigenvalue weighted by atomic mass is 16.7.